The van der Waals surface area contributed by atoms with Gasteiger partial charge in [-0.25, -0.2) is 4.79 Å². The molecule has 16 heavy (non-hydrogen) atoms. The summed E-state index contributed by atoms with van der Waals surface area (Å²) in [6, 6.07) is 4.28. The van der Waals surface area contributed by atoms with Crippen molar-refractivity contribution < 1.29 is 9.53 Å². The lowest BCUT2D eigenvalue weighted by molar-refractivity contribution is 0.148. The molecule has 1 heterocycles. The molecule has 0 bridgehead atoms. The molecule has 1 atom stereocenters. The van der Waals surface area contributed by atoms with E-state index >= 15 is 0 Å². The number of hydrogen-bond acceptors (Lipinski definition) is 4. The van der Waals surface area contributed by atoms with E-state index in [9.17, 15) is 4.79 Å². The fourth-order valence-corrected chi connectivity index (χ4v) is 2.30. The summed E-state index contributed by atoms with van der Waals surface area (Å²) in [5, 5.41) is 4.80. The second-order valence-corrected chi connectivity index (χ2v) is 4.58. The summed E-state index contributed by atoms with van der Waals surface area (Å²) < 4.78 is 4.82. The predicted octanol–water partition coefficient (Wildman–Crippen LogP) is 2.10. The van der Waals surface area contributed by atoms with Gasteiger partial charge in [0, 0.05) is 11.4 Å². The van der Waals surface area contributed by atoms with E-state index in [1.807, 2.05) is 25.5 Å². The van der Waals surface area contributed by atoms with E-state index in [2.05, 4.69) is 16.3 Å². The van der Waals surface area contributed by atoms with Gasteiger partial charge in [0.2, 0.25) is 0 Å². The molecule has 1 aromatic heterocycles. The van der Waals surface area contributed by atoms with Crippen LogP contribution in [0.1, 0.15) is 17.8 Å². The van der Waals surface area contributed by atoms with Crippen molar-refractivity contribution in [1.82, 2.24) is 10.2 Å². The fraction of sp³-hybridized carbons (Fsp3) is 0.545. The molecule has 5 heteroatoms. The van der Waals surface area contributed by atoms with E-state index in [1.54, 1.807) is 18.3 Å². The van der Waals surface area contributed by atoms with Gasteiger partial charge >= 0.3 is 6.09 Å². The standard InChI is InChI=1S/C11H18N2O2S/c1-4-15-11(14)12-8-9(13(2)3)10-6-5-7-16-10/h5-7,9H,4,8H2,1-3H3,(H,12,14). The van der Waals surface area contributed by atoms with Crippen molar-refractivity contribution in [3.63, 3.8) is 0 Å². The molecule has 1 amide bonds. The SMILES string of the molecule is CCOC(=O)NCC(c1cccs1)N(C)C. The van der Waals surface area contributed by atoms with E-state index < -0.39 is 0 Å². The number of ether oxygens (including phenoxy) is 1. The Morgan fingerprint density at radius 1 is 1.62 bits per heavy atom. The highest BCUT2D eigenvalue weighted by Gasteiger charge is 2.16. The molecule has 1 unspecified atom stereocenters. The highest BCUT2D eigenvalue weighted by atomic mass is 32.1. The number of carbonyl (C=O) groups excluding carboxylic acids is 1. The molecule has 0 fully saturated rings. The molecule has 0 radical (unpaired) electrons. The minimum atomic E-state index is -0.356. The molecule has 0 saturated carbocycles. The number of hydrogen-bond donors (Lipinski definition) is 1. The number of carbonyl (C=O) groups is 1. The first-order valence-electron chi connectivity index (χ1n) is 5.25. The fourth-order valence-electron chi connectivity index (χ4n) is 1.38. The summed E-state index contributed by atoms with van der Waals surface area (Å²) in [6.45, 7) is 2.76. The molecule has 90 valence electrons. The molecular formula is C11H18N2O2S. The van der Waals surface area contributed by atoms with E-state index in [4.69, 9.17) is 4.74 Å². The van der Waals surface area contributed by atoms with Gasteiger partial charge in [0.25, 0.3) is 0 Å². The number of rotatable bonds is 5. The second kappa shape index (κ2) is 6.50. The monoisotopic (exact) mass is 242 g/mol. The third-order valence-corrected chi connectivity index (χ3v) is 3.18. The molecule has 0 aliphatic heterocycles. The molecule has 0 aromatic carbocycles. The average Bonchev–Trinajstić information content (AvgIpc) is 2.71. The Balaban J connectivity index is 2.50. The summed E-state index contributed by atoms with van der Waals surface area (Å²) in [7, 11) is 3.99. The highest BCUT2D eigenvalue weighted by Crippen LogP contribution is 2.22. The zero-order chi connectivity index (χ0) is 12.0. The van der Waals surface area contributed by atoms with Crippen molar-refractivity contribution in [3.8, 4) is 0 Å². The van der Waals surface area contributed by atoms with Gasteiger partial charge in [0.15, 0.2) is 0 Å². The van der Waals surface area contributed by atoms with Gasteiger partial charge in [-0.1, -0.05) is 6.07 Å². The van der Waals surface area contributed by atoms with E-state index in [0.717, 1.165) is 0 Å². The summed E-state index contributed by atoms with van der Waals surface area (Å²) in [4.78, 5) is 14.5. The van der Waals surface area contributed by atoms with Crippen LogP contribution >= 0.6 is 11.3 Å². The van der Waals surface area contributed by atoms with Crippen LogP contribution in [0.5, 0.6) is 0 Å². The summed E-state index contributed by atoms with van der Waals surface area (Å²) in [6.07, 6.45) is -0.356. The molecular weight excluding hydrogens is 224 g/mol. The molecule has 1 aromatic rings. The summed E-state index contributed by atoms with van der Waals surface area (Å²) in [5.41, 5.74) is 0. The third-order valence-electron chi connectivity index (χ3n) is 2.21. The van der Waals surface area contributed by atoms with Crippen LogP contribution in [0.4, 0.5) is 4.79 Å². The lowest BCUT2D eigenvalue weighted by Crippen LogP contribution is -2.34. The molecule has 1 rings (SSSR count). The highest BCUT2D eigenvalue weighted by molar-refractivity contribution is 7.10. The Bertz CT molecular complexity index is 312. The smallest absolute Gasteiger partial charge is 0.407 e. The largest absolute Gasteiger partial charge is 0.450 e. The van der Waals surface area contributed by atoms with Crippen LogP contribution in [0.3, 0.4) is 0 Å². The Morgan fingerprint density at radius 3 is 2.88 bits per heavy atom. The summed E-state index contributed by atoms with van der Waals surface area (Å²) >= 11 is 1.69. The zero-order valence-corrected chi connectivity index (χ0v) is 10.7. The van der Waals surface area contributed by atoms with Crippen molar-refractivity contribution in [2.24, 2.45) is 0 Å². The Labute approximate surface area is 100 Å². The molecule has 1 N–H and O–H groups in total. The van der Waals surface area contributed by atoms with E-state index in [0.29, 0.717) is 13.2 Å². The van der Waals surface area contributed by atoms with Crippen LogP contribution in [-0.4, -0.2) is 38.2 Å². The average molecular weight is 242 g/mol. The third kappa shape index (κ3) is 3.83. The van der Waals surface area contributed by atoms with Crippen LogP contribution in [-0.2, 0) is 4.74 Å². The van der Waals surface area contributed by atoms with Gasteiger partial charge in [-0.3, -0.25) is 0 Å². The van der Waals surface area contributed by atoms with Crippen LogP contribution in [0.25, 0.3) is 0 Å². The minimum absolute atomic E-state index is 0.199. The number of alkyl carbamates (subject to hydrolysis) is 1. The number of amides is 1. The molecule has 0 spiro atoms. The summed E-state index contributed by atoms with van der Waals surface area (Å²) in [5.74, 6) is 0. The maximum Gasteiger partial charge on any atom is 0.407 e. The van der Waals surface area contributed by atoms with Gasteiger partial charge in [0.05, 0.1) is 12.6 Å². The zero-order valence-electron chi connectivity index (χ0n) is 9.90. The molecule has 0 saturated heterocycles. The topological polar surface area (TPSA) is 41.6 Å². The van der Waals surface area contributed by atoms with Crippen LogP contribution in [0.2, 0.25) is 0 Å². The van der Waals surface area contributed by atoms with Gasteiger partial charge < -0.3 is 15.0 Å². The maximum absolute atomic E-state index is 11.2. The number of likely N-dealkylation sites (N-methyl/N-ethyl adjacent to an activating group) is 1. The molecule has 4 nitrogen and oxygen atoms in total. The van der Waals surface area contributed by atoms with Crippen molar-refractivity contribution in [2.75, 3.05) is 27.2 Å². The first kappa shape index (κ1) is 13.0. The Morgan fingerprint density at radius 2 is 2.38 bits per heavy atom. The van der Waals surface area contributed by atoms with Crippen molar-refractivity contribution in [1.29, 1.82) is 0 Å². The minimum Gasteiger partial charge on any atom is -0.450 e. The first-order chi connectivity index (χ1) is 7.65. The van der Waals surface area contributed by atoms with E-state index in [-0.39, 0.29) is 12.1 Å². The van der Waals surface area contributed by atoms with Gasteiger partial charge in [-0.15, -0.1) is 11.3 Å². The van der Waals surface area contributed by atoms with Crippen LogP contribution < -0.4 is 5.32 Å². The van der Waals surface area contributed by atoms with Crippen LogP contribution in [0, 0.1) is 0 Å². The van der Waals surface area contributed by atoms with Crippen molar-refractivity contribution in [2.45, 2.75) is 13.0 Å². The number of nitrogens with zero attached hydrogens (tertiary/aromatic N) is 1. The molecule has 0 aliphatic rings. The van der Waals surface area contributed by atoms with Crippen LogP contribution in [0.15, 0.2) is 17.5 Å². The lowest BCUT2D eigenvalue weighted by Gasteiger charge is -2.23. The van der Waals surface area contributed by atoms with Crippen molar-refractivity contribution in [3.05, 3.63) is 22.4 Å². The number of nitrogens with one attached hydrogen (secondary N) is 1. The maximum atomic E-state index is 11.2. The Kier molecular flexibility index (Phi) is 5.28. The second-order valence-electron chi connectivity index (χ2n) is 3.60. The Hall–Kier alpha value is -1.07. The number of thiophene rings is 1. The van der Waals surface area contributed by atoms with Gasteiger partial charge in [0.1, 0.15) is 0 Å². The van der Waals surface area contributed by atoms with Gasteiger partial charge in [-0.05, 0) is 32.5 Å². The predicted molar refractivity (Wildman–Crippen MR) is 65.8 cm³/mol. The normalized spacial score (nSPS) is 12.5. The molecule has 0 aliphatic carbocycles. The quantitative estimate of drug-likeness (QED) is 0.859. The van der Waals surface area contributed by atoms with Crippen molar-refractivity contribution >= 4 is 17.4 Å². The first-order valence-corrected chi connectivity index (χ1v) is 6.13. The van der Waals surface area contributed by atoms with Gasteiger partial charge in [-0.2, -0.15) is 0 Å². The lowest BCUT2D eigenvalue weighted by atomic mass is 10.2. The van der Waals surface area contributed by atoms with E-state index in [1.165, 1.54) is 4.88 Å².